The first kappa shape index (κ1) is 15.2. The molecule has 2 atom stereocenters. The van der Waals surface area contributed by atoms with Gasteiger partial charge >= 0.3 is 0 Å². The van der Waals surface area contributed by atoms with Gasteiger partial charge in [0.15, 0.2) is 0 Å². The highest BCUT2D eigenvalue weighted by atomic mass is 16.5. The van der Waals surface area contributed by atoms with Gasteiger partial charge in [-0.25, -0.2) is 9.97 Å². The summed E-state index contributed by atoms with van der Waals surface area (Å²) in [5, 5.41) is 0. The molecule has 1 aromatic rings. The Balaban J connectivity index is 1.88. The quantitative estimate of drug-likeness (QED) is 0.837. The predicted octanol–water partition coefficient (Wildman–Crippen LogP) is 1.64. The molecule has 20 heavy (non-hydrogen) atoms. The van der Waals surface area contributed by atoms with Gasteiger partial charge in [-0.15, -0.1) is 0 Å². The highest BCUT2D eigenvalue weighted by Gasteiger charge is 2.22. The van der Waals surface area contributed by atoms with Crippen molar-refractivity contribution in [1.82, 2.24) is 14.9 Å². The Labute approximate surface area is 122 Å². The van der Waals surface area contributed by atoms with Gasteiger partial charge in [-0.1, -0.05) is 0 Å². The second-order valence-corrected chi connectivity index (χ2v) is 5.88. The zero-order valence-corrected chi connectivity index (χ0v) is 13.3. The number of hydrogen-bond acceptors (Lipinski definition) is 5. The monoisotopic (exact) mass is 278 g/mol. The van der Waals surface area contributed by atoms with Crippen molar-refractivity contribution < 1.29 is 4.74 Å². The summed E-state index contributed by atoms with van der Waals surface area (Å²) in [6.07, 6.45) is 2.54. The Hall–Kier alpha value is -1.20. The van der Waals surface area contributed by atoms with Gasteiger partial charge in [-0.2, -0.15) is 0 Å². The van der Waals surface area contributed by atoms with Gasteiger partial charge in [0.25, 0.3) is 0 Å². The fourth-order valence-corrected chi connectivity index (χ4v) is 2.56. The predicted molar refractivity (Wildman–Crippen MR) is 81.2 cm³/mol. The molecule has 0 spiro atoms. The highest BCUT2D eigenvalue weighted by Crippen LogP contribution is 2.12. The largest absolute Gasteiger partial charge is 0.373 e. The van der Waals surface area contributed by atoms with Crippen molar-refractivity contribution in [3.05, 3.63) is 17.5 Å². The van der Waals surface area contributed by atoms with E-state index in [0.29, 0.717) is 12.2 Å². The Morgan fingerprint density at radius 1 is 1.30 bits per heavy atom. The van der Waals surface area contributed by atoms with E-state index in [9.17, 15) is 0 Å². The molecule has 0 saturated carbocycles. The highest BCUT2D eigenvalue weighted by molar-refractivity contribution is 5.31. The van der Waals surface area contributed by atoms with Crippen LogP contribution in [-0.4, -0.2) is 60.3 Å². The average Bonchev–Trinajstić information content (AvgIpc) is 2.38. The van der Waals surface area contributed by atoms with Gasteiger partial charge < -0.3 is 9.64 Å². The van der Waals surface area contributed by atoms with Gasteiger partial charge in [0.1, 0.15) is 0 Å². The van der Waals surface area contributed by atoms with Crippen molar-refractivity contribution >= 4 is 5.95 Å². The Bertz CT molecular complexity index is 441. The molecule has 1 saturated heterocycles. The molecule has 0 bridgehead atoms. The number of aromatic nitrogens is 2. The smallest absolute Gasteiger partial charge is 0.225 e. The van der Waals surface area contributed by atoms with E-state index in [4.69, 9.17) is 4.74 Å². The molecule has 0 radical (unpaired) electrons. The number of ether oxygens (including phenoxy) is 1. The van der Waals surface area contributed by atoms with Crippen molar-refractivity contribution in [2.45, 2.75) is 39.9 Å². The lowest BCUT2D eigenvalue weighted by molar-refractivity contribution is -0.0670. The molecule has 1 aromatic heterocycles. The van der Waals surface area contributed by atoms with E-state index in [-0.39, 0.29) is 0 Å². The first-order valence-electron chi connectivity index (χ1n) is 7.35. The van der Waals surface area contributed by atoms with E-state index in [1.807, 2.05) is 20.0 Å². The van der Waals surface area contributed by atoms with Crippen LogP contribution in [0, 0.1) is 13.8 Å². The van der Waals surface area contributed by atoms with Crippen LogP contribution >= 0.6 is 0 Å². The summed E-state index contributed by atoms with van der Waals surface area (Å²) < 4.78 is 5.76. The fraction of sp³-hybridized carbons (Fsp3) is 0.733. The van der Waals surface area contributed by atoms with Crippen LogP contribution < -0.4 is 4.90 Å². The van der Waals surface area contributed by atoms with Crippen LogP contribution in [0.15, 0.2) is 6.20 Å². The van der Waals surface area contributed by atoms with Crippen LogP contribution in [0.4, 0.5) is 5.95 Å². The number of likely N-dealkylation sites (N-methyl/N-ethyl adjacent to an activating group) is 1. The third kappa shape index (κ3) is 3.90. The summed E-state index contributed by atoms with van der Waals surface area (Å²) in [5.74, 6) is 0.808. The Kier molecular flexibility index (Phi) is 4.94. The van der Waals surface area contributed by atoms with Crippen LogP contribution in [0.3, 0.4) is 0 Å². The van der Waals surface area contributed by atoms with Crippen molar-refractivity contribution in [2.75, 3.05) is 38.1 Å². The first-order valence-corrected chi connectivity index (χ1v) is 7.35. The SMILES string of the molecule is Cc1cnc(N(C)CCN2C[C@@H](C)O[C@@H](C)C2)nc1C. The van der Waals surface area contributed by atoms with E-state index in [1.54, 1.807) is 0 Å². The lowest BCUT2D eigenvalue weighted by atomic mass is 10.2. The minimum Gasteiger partial charge on any atom is -0.373 e. The van der Waals surface area contributed by atoms with Crippen molar-refractivity contribution in [2.24, 2.45) is 0 Å². The van der Waals surface area contributed by atoms with Crippen molar-refractivity contribution in [3.63, 3.8) is 0 Å². The molecule has 0 N–H and O–H groups in total. The minimum absolute atomic E-state index is 0.321. The zero-order valence-electron chi connectivity index (χ0n) is 13.3. The van der Waals surface area contributed by atoms with Crippen LogP contribution in [0.2, 0.25) is 0 Å². The molecular weight excluding hydrogens is 252 g/mol. The third-order valence-electron chi connectivity index (χ3n) is 3.80. The van der Waals surface area contributed by atoms with E-state index in [1.165, 1.54) is 0 Å². The van der Waals surface area contributed by atoms with Crippen LogP contribution in [0.25, 0.3) is 0 Å². The molecule has 0 aliphatic carbocycles. The summed E-state index contributed by atoms with van der Waals surface area (Å²) in [4.78, 5) is 13.5. The molecule has 5 heteroatoms. The molecular formula is C15H26N4O. The third-order valence-corrected chi connectivity index (χ3v) is 3.80. The summed E-state index contributed by atoms with van der Waals surface area (Å²) in [6, 6.07) is 0. The molecule has 2 heterocycles. The van der Waals surface area contributed by atoms with Crippen LogP contribution in [-0.2, 0) is 4.74 Å². The molecule has 1 aliphatic heterocycles. The maximum absolute atomic E-state index is 5.76. The van der Waals surface area contributed by atoms with Gasteiger partial charge in [0.05, 0.1) is 12.2 Å². The summed E-state index contributed by atoms with van der Waals surface area (Å²) in [7, 11) is 2.05. The molecule has 1 fully saturated rings. The summed E-state index contributed by atoms with van der Waals surface area (Å²) >= 11 is 0. The minimum atomic E-state index is 0.321. The molecule has 0 amide bonds. The average molecular weight is 278 g/mol. The summed E-state index contributed by atoms with van der Waals surface area (Å²) in [6.45, 7) is 12.3. The van der Waals surface area contributed by atoms with Gasteiger partial charge in [0, 0.05) is 45.1 Å². The number of hydrogen-bond donors (Lipinski definition) is 0. The maximum atomic E-state index is 5.76. The molecule has 2 rings (SSSR count). The normalized spacial score (nSPS) is 23.9. The zero-order chi connectivity index (χ0) is 14.7. The second kappa shape index (κ2) is 6.50. The number of morpholine rings is 1. The van der Waals surface area contributed by atoms with Crippen LogP contribution in [0.5, 0.6) is 0 Å². The lowest BCUT2D eigenvalue weighted by Gasteiger charge is -2.36. The van der Waals surface area contributed by atoms with Gasteiger partial charge in [-0.05, 0) is 33.3 Å². The van der Waals surface area contributed by atoms with Crippen LogP contribution in [0.1, 0.15) is 25.1 Å². The molecule has 112 valence electrons. The van der Waals surface area contributed by atoms with E-state index in [2.05, 4.69) is 40.7 Å². The Morgan fingerprint density at radius 2 is 1.95 bits per heavy atom. The lowest BCUT2D eigenvalue weighted by Crippen LogP contribution is -2.47. The number of anilines is 1. The molecule has 5 nitrogen and oxygen atoms in total. The van der Waals surface area contributed by atoms with E-state index < -0.39 is 0 Å². The Morgan fingerprint density at radius 3 is 2.55 bits per heavy atom. The van der Waals surface area contributed by atoms with Crippen molar-refractivity contribution in [1.29, 1.82) is 0 Å². The number of nitrogens with zero attached hydrogens (tertiary/aromatic N) is 4. The number of rotatable bonds is 4. The molecule has 0 aromatic carbocycles. The number of aryl methyl sites for hydroxylation is 2. The molecule has 1 aliphatic rings. The summed E-state index contributed by atoms with van der Waals surface area (Å²) in [5.41, 5.74) is 2.19. The van der Waals surface area contributed by atoms with E-state index in [0.717, 1.165) is 43.4 Å². The van der Waals surface area contributed by atoms with Gasteiger partial charge in [-0.3, -0.25) is 4.90 Å². The van der Waals surface area contributed by atoms with Crippen molar-refractivity contribution in [3.8, 4) is 0 Å². The fourth-order valence-electron chi connectivity index (χ4n) is 2.56. The first-order chi connectivity index (χ1) is 9.45. The van der Waals surface area contributed by atoms with Gasteiger partial charge in [0.2, 0.25) is 5.95 Å². The molecule has 0 unspecified atom stereocenters. The maximum Gasteiger partial charge on any atom is 0.225 e. The standard InChI is InChI=1S/C15H26N4O/c1-11-8-16-15(17-14(11)4)18(5)6-7-19-9-12(2)20-13(3)10-19/h8,12-13H,6-7,9-10H2,1-5H3/t12-,13+. The second-order valence-electron chi connectivity index (χ2n) is 5.88. The topological polar surface area (TPSA) is 41.5 Å². The van der Waals surface area contributed by atoms with E-state index >= 15 is 0 Å².